The van der Waals surface area contributed by atoms with Crippen LogP contribution in [0.3, 0.4) is 0 Å². The molecule has 0 atom stereocenters. The Labute approximate surface area is 165 Å². The minimum atomic E-state index is -3.31. The Morgan fingerprint density at radius 1 is 0.741 bits per heavy atom. The first kappa shape index (κ1) is 26.3. The van der Waals surface area contributed by atoms with Gasteiger partial charge in [-0.2, -0.15) is 8.42 Å². The molecule has 0 fully saturated rings. The summed E-state index contributed by atoms with van der Waals surface area (Å²) in [7, 11) is -3.31. The Morgan fingerprint density at radius 3 is 1.70 bits per heavy atom. The van der Waals surface area contributed by atoms with Crippen LogP contribution in [-0.2, 0) is 33.3 Å². The van der Waals surface area contributed by atoms with Crippen LogP contribution in [0.1, 0.15) is 72.1 Å². The molecule has 0 unspecified atom stereocenters. The second-order valence-electron chi connectivity index (χ2n) is 7.56. The summed E-state index contributed by atoms with van der Waals surface area (Å²) in [6.45, 7) is 8.40. The molecule has 0 bridgehead atoms. The number of esters is 1. The van der Waals surface area contributed by atoms with Gasteiger partial charge in [0.2, 0.25) is 0 Å². The number of ether oxygens (including phenoxy) is 3. The average Bonchev–Trinajstić information content (AvgIpc) is 2.51. The predicted molar refractivity (Wildman–Crippen MR) is 105 cm³/mol. The van der Waals surface area contributed by atoms with E-state index >= 15 is 0 Å². The molecular weight excluding hydrogens is 372 g/mol. The first-order valence-electron chi connectivity index (χ1n) is 9.82. The summed E-state index contributed by atoms with van der Waals surface area (Å²) in [6.07, 6.45) is 7.83. The Morgan fingerprint density at radius 2 is 1.22 bits per heavy atom. The lowest BCUT2D eigenvalue weighted by atomic mass is 10.1. The molecule has 0 aromatic heterocycles. The molecule has 0 radical (unpaired) electrons. The highest BCUT2D eigenvalue weighted by Crippen LogP contribution is 2.10. The summed E-state index contributed by atoms with van der Waals surface area (Å²) < 4.78 is 42.4. The number of hydrogen-bond acceptors (Lipinski definition) is 7. The third-order valence-corrected chi connectivity index (χ3v) is 4.04. The molecule has 0 saturated heterocycles. The lowest BCUT2D eigenvalue weighted by Crippen LogP contribution is -2.23. The van der Waals surface area contributed by atoms with Crippen molar-refractivity contribution in [2.75, 3.05) is 39.3 Å². The van der Waals surface area contributed by atoms with Crippen molar-refractivity contribution >= 4 is 16.1 Å². The van der Waals surface area contributed by atoms with Gasteiger partial charge in [0.15, 0.2) is 0 Å². The summed E-state index contributed by atoms with van der Waals surface area (Å²) in [5, 5.41) is 0. The van der Waals surface area contributed by atoms with Crippen molar-refractivity contribution in [1.82, 2.24) is 0 Å². The van der Waals surface area contributed by atoms with Crippen molar-refractivity contribution in [1.29, 1.82) is 0 Å². The minimum Gasteiger partial charge on any atom is -0.460 e. The monoisotopic (exact) mass is 410 g/mol. The topological polar surface area (TPSA) is 88.1 Å². The molecule has 0 aliphatic rings. The van der Waals surface area contributed by atoms with Crippen molar-refractivity contribution < 1.29 is 31.6 Å². The van der Waals surface area contributed by atoms with Crippen LogP contribution >= 0.6 is 0 Å². The Balaban J connectivity index is 3.20. The van der Waals surface area contributed by atoms with Crippen molar-refractivity contribution in [3.8, 4) is 0 Å². The summed E-state index contributed by atoms with van der Waals surface area (Å²) in [5.41, 5.74) is -0.410. The molecule has 0 heterocycles. The minimum absolute atomic E-state index is 0.139. The Bertz CT molecular complexity index is 469. The van der Waals surface area contributed by atoms with Crippen molar-refractivity contribution in [2.24, 2.45) is 0 Å². The molecule has 0 rings (SSSR count). The van der Waals surface area contributed by atoms with Crippen LogP contribution in [-0.4, -0.2) is 59.3 Å². The van der Waals surface area contributed by atoms with E-state index in [1.165, 1.54) is 0 Å². The van der Waals surface area contributed by atoms with E-state index in [0.29, 0.717) is 32.8 Å². The van der Waals surface area contributed by atoms with Gasteiger partial charge in [0.25, 0.3) is 10.1 Å². The number of carbonyl (C=O) groups is 1. The summed E-state index contributed by atoms with van der Waals surface area (Å²) in [6, 6.07) is 0. The van der Waals surface area contributed by atoms with Gasteiger partial charge in [0, 0.05) is 19.6 Å². The maximum atomic E-state index is 11.5. The fourth-order valence-electron chi connectivity index (χ4n) is 2.23. The summed E-state index contributed by atoms with van der Waals surface area (Å²) >= 11 is 0. The van der Waals surface area contributed by atoms with Gasteiger partial charge in [-0.05, 0) is 46.5 Å². The first-order chi connectivity index (χ1) is 12.6. The first-order valence-corrected chi connectivity index (χ1v) is 11.6. The van der Waals surface area contributed by atoms with Gasteiger partial charge in [-0.3, -0.25) is 8.98 Å². The SMILES string of the molecule is CC(C)(C)OC(=O)CCCCCOCCOCCCCCCOS(C)(=O)=O. The molecule has 0 aliphatic heterocycles. The molecule has 0 N–H and O–H groups in total. The molecule has 8 heteroatoms. The standard InChI is InChI=1S/C19H38O7S/c1-19(2,3)26-18(20)12-8-7-10-14-24-17-16-23-13-9-5-6-11-15-25-27(4,21)22/h5-17H2,1-4H3. The van der Waals surface area contributed by atoms with Crippen molar-refractivity contribution in [2.45, 2.75) is 77.7 Å². The van der Waals surface area contributed by atoms with Gasteiger partial charge in [-0.25, -0.2) is 0 Å². The highest BCUT2D eigenvalue weighted by atomic mass is 32.2. The highest BCUT2D eigenvalue weighted by Gasteiger charge is 2.15. The number of carbonyl (C=O) groups excluding carboxylic acids is 1. The average molecular weight is 411 g/mol. The molecule has 27 heavy (non-hydrogen) atoms. The van der Waals surface area contributed by atoms with E-state index < -0.39 is 15.7 Å². The predicted octanol–water partition coefficient (Wildman–Crippen LogP) is 3.46. The molecule has 0 aromatic carbocycles. The van der Waals surface area contributed by atoms with Crippen LogP contribution in [0, 0.1) is 0 Å². The van der Waals surface area contributed by atoms with E-state index in [4.69, 9.17) is 14.2 Å². The maximum absolute atomic E-state index is 11.5. The second kappa shape index (κ2) is 15.2. The van der Waals surface area contributed by atoms with Crippen LogP contribution in [0.5, 0.6) is 0 Å². The van der Waals surface area contributed by atoms with E-state index in [-0.39, 0.29) is 12.6 Å². The third kappa shape index (κ3) is 23.3. The smallest absolute Gasteiger partial charge is 0.306 e. The van der Waals surface area contributed by atoms with Crippen molar-refractivity contribution in [3.05, 3.63) is 0 Å². The zero-order valence-corrected chi connectivity index (χ0v) is 18.3. The van der Waals surface area contributed by atoms with Gasteiger partial charge in [0.1, 0.15) is 5.60 Å². The second-order valence-corrected chi connectivity index (χ2v) is 9.21. The molecule has 0 aromatic rings. The van der Waals surface area contributed by atoms with E-state index in [0.717, 1.165) is 51.2 Å². The Kier molecular flexibility index (Phi) is 14.9. The maximum Gasteiger partial charge on any atom is 0.306 e. The van der Waals surface area contributed by atoms with E-state index in [9.17, 15) is 13.2 Å². The van der Waals surface area contributed by atoms with Crippen LogP contribution in [0.4, 0.5) is 0 Å². The van der Waals surface area contributed by atoms with Crippen LogP contribution in [0.25, 0.3) is 0 Å². The molecule has 162 valence electrons. The molecular formula is C19H38O7S. The quantitative estimate of drug-likeness (QED) is 0.206. The zero-order valence-electron chi connectivity index (χ0n) is 17.5. The van der Waals surface area contributed by atoms with Crippen molar-refractivity contribution in [3.63, 3.8) is 0 Å². The lowest BCUT2D eigenvalue weighted by molar-refractivity contribution is -0.154. The van der Waals surface area contributed by atoms with E-state index in [1.54, 1.807) is 0 Å². The molecule has 0 aliphatic carbocycles. The van der Waals surface area contributed by atoms with Crippen LogP contribution in [0.2, 0.25) is 0 Å². The fraction of sp³-hybridized carbons (Fsp3) is 0.947. The van der Waals surface area contributed by atoms with Gasteiger partial charge in [-0.1, -0.05) is 19.3 Å². The Hall–Kier alpha value is -0.700. The van der Waals surface area contributed by atoms with Gasteiger partial charge in [0.05, 0.1) is 26.1 Å². The number of rotatable bonds is 17. The zero-order chi connectivity index (χ0) is 20.6. The van der Waals surface area contributed by atoms with E-state index in [2.05, 4.69) is 4.18 Å². The fourth-order valence-corrected chi connectivity index (χ4v) is 2.66. The number of unbranched alkanes of at least 4 members (excludes halogenated alkanes) is 5. The number of hydrogen-bond donors (Lipinski definition) is 0. The highest BCUT2D eigenvalue weighted by molar-refractivity contribution is 7.85. The van der Waals surface area contributed by atoms with Crippen LogP contribution in [0.15, 0.2) is 0 Å². The molecule has 0 saturated carbocycles. The van der Waals surface area contributed by atoms with Gasteiger partial charge < -0.3 is 14.2 Å². The summed E-state index contributed by atoms with van der Waals surface area (Å²) in [4.78, 5) is 11.5. The summed E-state index contributed by atoms with van der Waals surface area (Å²) in [5.74, 6) is -0.139. The molecule has 0 amide bonds. The van der Waals surface area contributed by atoms with Gasteiger partial charge in [-0.15, -0.1) is 0 Å². The van der Waals surface area contributed by atoms with Gasteiger partial charge >= 0.3 is 5.97 Å². The largest absolute Gasteiger partial charge is 0.460 e. The third-order valence-electron chi connectivity index (χ3n) is 3.44. The van der Waals surface area contributed by atoms with Crippen LogP contribution < -0.4 is 0 Å². The van der Waals surface area contributed by atoms with E-state index in [1.807, 2.05) is 20.8 Å². The lowest BCUT2D eigenvalue weighted by Gasteiger charge is -2.19. The molecule has 7 nitrogen and oxygen atoms in total. The molecule has 0 spiro atoms. The normalized spacial score (nSPS) is 12.3.